The lowest BCUT2D eigenvalue weighted by atomic mass is 10.0. The minimum absolute atomic E-state index is 0.232. The van der Waals surface area contributed by atoms with Gasteiger partial charge in [0.25, 0.3) is 0 Å². The Labute approximate surface area is 126 Å². The van der Waals surface area contributed by atoms with Crippen molar-refractivity contribution < 1.29 is 19.1 Å². The summed E-state index contributed by atoms with van der Waals surface area (Å²) in [6, 6.07) is -0.256. The van der Waals surface area contributed by atoms with Gasteiger partial charge in [-0.1, -0.05) is 12.2 Å². The number of hydrogen-bond donors (Lipinski definition) is 1. The van der Waals surface area contributed by atoms with Gasteiger partial charge < -0.3 is 14.8 Å². The van der Waals surface area contributed by atoms with Crippen LogP contribution in [-0.4, -0.2) is 56.2 Å². The zero-order valence-electron chi connectivity index (χ0n) is 13.3. The molecule has 0 aromatic rings. The van der Waals surface area contributed by atoms with Crippen molar-refractivity contribution in [2.24, 2.45) is 0 Å². The molecule has 1 aliphatic rings. The summed E-state index contributed by atoms with van der Waals surface area (Å²) >= 11 is 0. The highest BCUT2D eigenvalue weighted by molar-refractivity contribution is 5.68. The first-order valence-corrected chi connectivity index (χ1v) is 7.03. The number of amides is 1. The summed E-state index contributed by atoms with van der Waals surface area (Å²) in [6.07, 6.45) is 3.08. The molecule has 6 heteroatoms. The summed E-state index contributed by atoms with van der Waals surface area (Å²) in [4.78, 5) is 17.9. The summed E-state index contributed by atoms with van der Waals surface area (Å²) in [7, 11) is 1.63. The van der Waals surface area contributed by atoms with Crippen molar-refractivity contribution in [1.82, 2.24) is 10.4 Å². The molecule has 0 fully saturated rings. The van der Waals surface area contributed by atoms with Crippen LogP contribution < -0.4 is 5.32 Å². The van der Waals surface area contributed by atoms with Crippen molar-refractivity contribution in [1.29, 1.82) is 0 Å². The fourth-order valence-electron chi connectivity index (χ4n) is 1.96. The summed E-state index contributed by atoms with van der Waals surface area (Å²) in [5.74, 6) is 0. The van der Waals surface area contributed by atoms with Crippen LogP contribution in [0.1, 0.15) is 20.8 Å². The molecule has 0 radical (unpaired) electrons. The predicted molar refractivity (Wildman–Crippen MR) is 80.8 cm³/mol. The van der Waals surface area contributed by atoms with E-state index in [1.54, 1.807) is 13.2 Å². The number of nitrogens with zero attached hydrogens (tertiary/aromatic N) is 1. The number of rotatable bonds is 6. The Morgan fingerprint density at radius 2 is 2.29 bits per heavy atom. The van der Waals surface area contributed by atoms with Crippen LogP contribution in [-0.2, 0) is 14.3 Å². The lowest BCUT2D eigenvalue weighted by molar-refractivity contribution is -0.155. The average molecular weight is 298 g/mol. The van der Waals surface area contributed by atoms with E-state index in [9.17, 15) is 4.79 Å². The predicted octanol–water partition coefficient (Wildman–Crippen LogP) is 1.89. The lowest BCUT2D eigenvalue weighted by Gasteiger charge is -2.35. The summed E-state index contributed by atoms with van der Waals surface area (Å²) in [5, 5.41) is 4.48. The number of ether oxygens (including phenoxy) is 2. The molecule has 1 heterocycles. The Kier molecular flexibility index (Phi) is 6.87. The number of carbonyl (C=O) groups excluding carboxylic acids is 1. The van der Waals surface area contributed by atoms with Crippen LogP contribution in [0.5, 0.6) is 0 Å². The van der Waals surface area contributed by atoms with E-state index in [1.807, 2.05) is 26.8 Å². The third kappa shape index (κ3) is 5.87. The Morgan fingerprint density at radius 3 is 2.86 bits per heavy atom. The Bertz CT molecular complexity index is 388. The first-order chi connectivity index (χ1) is 9.89. The molecule has 0 spiro atoms. The van der Waals surface area contributed by atoms with Gasteiger partial charge in [0.2, 0.25) is 0 Å². The van der Waals surface area contributed by atoms with Crippen LogP contribution >= 0.6 is 0 Å². The first kappa shape index (κ1) is 17.7. The number of hydroxylamine groups is 2. The standard InChI is InChI=1S/C15H26N2O4/c1-6-9-20-17(14(18)21-15(2,3)4)13-10-16-8-7-12(13)11-19-5/h6-7,13,16H,1,8-11H2,2-5H3. The van der Waals surface area contributed by atoms with E-state index in [4.69, 9.17) is 14.3 Å². The minimum atomic E-state index is -0.583. The second-order valence-electron chi connectivity index (χ2n) is 5.78. The molecule has 120 valence electrons. The smallest absolute Gasteiger partial charge is 0.435 e. The van der Waals surface area contributed by atoms with Gasteiger partial charge >= 0.3 is 6.09 Å². The maximum absolute atomic E-state index is 12.4. The molecule has 1 amide bonds. The fraction of sp³-hybridized carbons (Fsp3) is 0.667. The second kappa shape index (κ2) is 8.17. The van der Waals surface area contributed by atoms with Crippen molar-refractivity contribution in [3.63, 3.8) is 0 Å². The van der Waals surface area contributed by atoms with Gasteiger partial charge in [-0.15, -0.1) is 6.58 Å². The molecule has 1 N–H and O–H groups in total. The van der Waals surface area contributed by atoms with Gasteiger partial charge in [-0.2, -0.15) is 5.06 Å². The van der Waals surface area contributed by atoms with Crippen molar-refractivity contribution in [3.05, 3.63) is 24.3 Å². The summed E-state index contributed by atoms with van der Waals surface area (Å²) in [6.45, 7) is 11.1. The number of nitrogens with one attached hydrogen (secondary N) is 1. The van der Waals surface area contributed by atoms with E-state index in [0.717, 1.165) is 12.1 Å². The quantitative estimate of drug-likeness (QED) is 0.599. The topological polar surface area (TPSA) is 60.0 Å². The van der Waals surface area contributed by atoms with Gasteiger partial charge in [0.15, 0.2) is 0 Å². The molecule has 0 aromatic heterocycles. The van der Waals surface area contributed by atoms with Crippen molar-refractivity contribution >= 4 is 6.09 Å². The van der Waals surface area contributed by atoms with Crippen LogP contribution in [0.4, 0.5) is 4.79 Å². The number of carbonyl (C=O) groups is 1. The van der Waals surface area contributed by atoms with Crippen LogP contribution in [0.2, 0.25) is 0 Å². The SMILES string of the molecule is C=CCON(C(=O)OC(C)(C)C)C1CNCC=C1COC. The third-order valence-electron chi connectivity index (χ3n) is 2.77. The normalized spacial score (nSPS) is 18.9. The van der Waals surface area contributed by atoms with Gasteiger partial charge in [-0.3, -0.25) is 4.84 Å². The summed E-state index contributed by atoms with van der Waals surface area (Å²) < 4.78 is 10.6. The largest absolute Gasteiger partial charge is 0.442 e. The highest BCUT2D eigenvalue weighted by Crippen LogP contribution is 2.18. The fourth-order valence-corrected chi connectivity index (χ4v) is 1.96. The van der Waals surface area contributed by atoms with E-state index >= 15 is 0 Å². The van der Waals surface area contributed by atoms with Gasteiger partial charge in [0, 0.05) is 20.2 Å². The van der Waals surface area contributed by atoms with Crippen LogP contribution in [0.15, 0.2) is 24.3 Å². The zero-order chi connectivity index (χ0) is 15.9. The number of methoxy groups -OCH3 is 1. The van der Waals surface area contributed by atoms with E-state index in [2.05, 4.69) is 11.9 Å². The van der Waals surface area contributed by atoms with Gasteiger partial charge in [0.1, 0.15) is 5.60 Å². The lowest BCUT2D eigenvalue weighted by Crippen LogP contribution is -2.51. The van der Waals surface area contributed by atoms with E-state index in [1.165, 1.54) is 5.06 Å². The van der Waals surface area contributed by atoms with Crippen molar-refractivity contribution in [2.75, 3.05) is 33.4 Å². The highest BCUT2D eigenvalue weighted by atomic mass is 16.7. The molecular formula is C15H26N2O4. The molecule has 1 aliphatic heterocycles. The highest BCUT2D eigenvalue weighted by Gasteiger charge is 2.32. The Balaban J connectivity index is 2.89. The molecule has 0 aromatic carbocycles. The van der Waals surface area contributed by atoms with E-state index in [0.29, 0.717) is 13.2 Å². The molecule has 21 heavy (non-hydrogen) atoms. The first-order valence-electron chi connectivity index (χ1n) is 7.03. The molecule has 0 bridgehead atoms. The number of hydrogen-bond acceptors (Lipinski definition) is 5. The van der Waals surface area contributed by atoms with Crippen LogP contribution in [0.25, 0.3) is 0 Å². The molecular weight excluding hydrogens is 272 g/mol. The van der Waals surface area contributed by atoms with Crippen molar-refractivity contribution in [3.8, 4) is 0 Å². The monoisotopic (exact) mass is 298 g/mol. The minimum Gasteiger partial charge on any atom is -0.442 e. The van der Waals surface area contributed by atoms with Gasteiger partial charge in [-0.05, 0) is 26.3 Å². The molecule has 0 aliphatic carbocycles. The molecule has 1 unspecified atom stereocenters. The zero-order valence-corrected chi connectivity index (χ0v) is 13.3. The molecule has 0 saturated heterocycles. The van der Waals surface area contributed by atoms with Crippen molar-refractivity contribution in [2.45, 2.75) is 32.4 Å². The molecule has 0 saturated carbocycles. The molecule has 1 atom stereocenters. The Hall–Kier alpha value is -1.37. The molecule has 1 rings (SSSR count). The Morgan fingerprint density at radius 1 is 1.57 bits per heavy atom. The third-order valence-corrected chi connectivity index (χ3v) is 2.77. The van der Waals surface area contributed by atoms with Gasteiger partial charge in [-0.25, -0.2) is 4.79 Å². The van der Waals surface area contributed by atoms with Gasteiger partial charge in [0.05, 0.1) is 19.3 Å². The maximum Gasteiger partial charge on any atom is 0.435 e. The average Bonchev–Trinajstić information content (AvgIpc) is 2.39. The maximum atomic E-state index is 12.4. The van der Waals surface area contributed by atoms with E-state index < -0.39 is 11.7 Å². The van der Waals surface area contributed by atoms with Crippen LogP contribution in [0, 0.1) is 0 Å². The van der Waals surface area contributed by atoms with E-state index in [-0.39, 0.29) is 12.6 Å². The molecule has 6 nitrogen and oxygen atoms in total. The van der Waals surface area contributed by atoms with Crippen LogP contribution in [0.3, 0.4) is 0 Å². The summed E-state index contributed by atoms with van der Waals surface area (Å²) in [5.41, 5.74) is 0.409. The second-order valence-corrected chi connectivity index (χ2v) is 5.78.